The molecule has 104 valence electrons. The van der Waals surface area contributed by atoms with E-state index in [1.807, 2.05) is 0 Å². The minimum Gasteiger partial charge on any atom is -0.352 e. The lowest BCUT2D eigenvalue weighted by Crippen LogP contribution is -2.31. The quantitative estimate of drug-likeness (QED) is 0.578. The van der Waals surface area contributed by atoms with Crippen molar-refractivity contribution < 1.29 is 9.18 Å². The first kappa shape index (κ1) is 13.8. The van der Waals surface area contributed by atoms with Crippen molar-refractivity contribution in [1.29, 1.82) is 0 Å². The van der Waals surface area contributed by atoms with Crippen molar-refractivity contribution in [2.24, 2.45) is 17.7 Å². The standard InChI is InChI=1S/C14H20FN3O/c1-9-4-2-5-10(9)8-17-14(19)11-6-3-7-12(15)13(11)18-16/h3,6-7,9-10,18H,2,4-5,8,16H2,1H3,(H,17,19). The maximum absolute atomic E-state index is 13.5. The van der Waals surface area contributed by atoms with Crippen LogP contribution in [0.2, 0.25) is 0 Å². The first-order valence-corrected chi connectivity index (χ1v) is 6.66. The highest BCUT2D eigenvalue weighted by Gasteiger charge is 2.24. The van der Waals surface area contributed by atoms with E-state index in [0.717, 1.165) is 6.42 Å². The molecule has 0 spiro atoms. The molecule has 1 aliphatic rings. The zero-order chi connectivity index (χ0) is 13.8. The number of hydrazine groups is 1. The van der Waals surface area contributed by atoms with Crippen LogP contribution in [0.5, 0.6) is 0 Å². The Morgan fingerprint density at radius 2 is 2.26 bits per heavy atom. The fourth-order valence-corrected chi connectivity index (χ4v) is 2.70. The Labute approximate surface area is 112 Å². The van der Waals surface area contributed by atoms with E-state index in [2.05, 4.69) is 17.7 Å². The number of hydrogen-bond donors (Lipinski definition) is 3. The predicted molar refractivity (Wildman–Crippen MR) is 73.0 cm³/mol. The second-order valence-corrected chi connectivity index (χ2v) is 5.19. The third kappa shape index (κ3) is 3.04. The van der Waals surface area contributed by atoms with E-state index < -0.39 is 5.82 Å². The molecule has 1 aromatic rings. The highest BCUT2D eigenvalue weighted by Crippen LogP contribution is 2.30. The molecule has 0 saturated heterocycles. The van der Waals surface area contributed by atoms with Gasteiger partial charge in [0, 0.05) is 6.54 Å². The number of anilines is 1. The van der Waals surface area contributed by atoms with Gasteiger partial charge in [-0.1, -0.05) is 25.8 Å². The fraction of sp³-hybridized carbons (Fsp3) is 0.500. The van der Waals surface area contributed by atoms with Crippen LogP contribution in [0.15, 0.2) is 18.2 Å². The van der Waals surface area contributed by atoms with Gasteiger partial charge in [-0.15, -0.1) is 0 Å². The lowest BCUT2D eigenvalue weighted by molar-refractivity contribution is 0.0945. The van der Waals surface area contributed by atoms with Gasteiger partial charge in [-0.2, -0.15) is 0 Å². The van der Waals surface area contributed by atoms with Crippen molar-refractivity contribution in [1.82, 2.24) is 5.32 Å². The first-order valence-electron chi connectivity index (χ1n) is 6.66. The van der Waals surface area contributed by atoms with Crippen LogP contribution >= 0.6 is 0 Å². The minimum absolute atomic E-state index is 0.0412. The van der Waals surface area contributed by atoms with E-state index in [0.29, 0.717) is 18.4 Å². The summed E-state index contributed by atoms with van der Waals surface area (Å²) in [6, 6.07) is 4.33. The minimum atomic E-state index is -0.524. The number of para-hydroxylation sites is 1. The zero-order valence-electron chi connectivity index (χ0n) is 11.1. The van der Waals surface area contributed by atoms with Gasteiger partial charge < -0.3 is 10.7 Å². The molecule has 1 amide bonds. The number of nitrogens with two attached hydrogens (primary N) is 1. The molecule has 0 aromatic heterocycles. The smallest absolute Gasteiger partial charge is 0.253 e. The second-order valence-electron chi connectivity index (χ2n) is 5.19. The van der Waals surface area contributed by atoms with Gasteiger partial charge in [-0.3, -0.25) is 10.6 Å². The molecule has 2 atom stereocenters. The Bertz CT molecular complexity index is 464. The third-order valence-corrected chi connectivity index (χ3v) is 3.97. The van der Waals surface area contributed by atoms with Crippen LogP contribution in [0.1, 0.15) is 36.5 Å². The molecule has 0 radical (unpaired) electrons. The summed E-state index contributed by atoms with van der Waals surface area (Å²) in [5.74, 6) is 5.61. The number of amides is 1. The van der Waals surface area contributed by atoms with E-state index in [9.17, 15) is 9.18 Å². The van der Waals surface area contributed by atoms with Crippen molar-refractivity contribution in [2.45, 2.75) is 26.2 Å². The van der Waals surface area contributed by atoms with E-state index >= 15 is 0 Å². The highest BCUT2D eigenvalue weighted by molar-refractivity contribution is 5.99. The summed E-state index contributed by atoms with van der Waals surface area (Å²) in [4.78, 5) is 12.1. The molecule has 4 N–H and O–H groups in total. The Balaban J connectivity index is 2.02. The molecule has 0 aliphatic heterocycles. The lowest BCUT2D eigenvalue weighted by Gasteiger charge is -2.16. The molecule has 1 aliphatic carbocycles. The zero-order valence-corrected chi connectivity index (χ0v) is 11.1. The van der Waals surface area contributed by atoms with Gasteiger partial charge in [-0.25, -0.2) is 4.39 Å². The molecule has 2 rings (SSSR count). The van der Waals surface area contributed by atoms with Crippen LogP contribution in [0.25, 0.3) is 0 Å². The lowest BCUT2D eigenvalue weighted by atomic mass is 9.98. The highest BCUT2D eigenvalue weighted by atomic mass is 19.1. The monoisotopic (exact) mass is 265 g/mol. The molecular weight excluding hydrogens is 245 g/mol. The molecule has 2 unspecified atom stereocenters. The molecular formula is C14H20FN3O. The molecule has 1 aromatic carbocycles. The molecule has 1 saturated carbocycles. The van der Waals surface area contributed by atoms with Gasteiger partial charge in [0.2, 0.25) is 0 Å². The van der Waals surface area contributed by atoms with Crippen LogP contribution in [0, 0.1) is 17.7 Å². The van der Waals surface area contributed by atoms with E-state index in [1.165, 1.54) is 25.0 Å². The van der Waals surface area contributed by atoms with Crippen molar-refractivity contribution in [3.05, 3.63) is 29.6 Å². The summed E-state index contributed by atoms with van der Waals surface area (Å²) >= 11 is 0. The molecule has 5 heteroatoms. The molecule has 0 bridgehead atoms. The number of carbonyl (C=O) groups is 1. The first-order chi connectivity index (χ1) is 9.13. The van der Waals surface area contributed by atoms with Gasteiger partial charge >= 0.3 is 0 Å². The predicted octanol–water partition coefficient (Wildman–Crippen LogP) is 2.28. The van der Waals surface area contributed by atoms with Crippen LogP contribution in [0.4, 0.5) is 10.1 Å². The number of hydrogen-bond acceptors (Lipinski definition) is 3. The molecule has 4 nitrogen and oxygen atoms in total. The summed E-state index contributed by atoms with van der Waals surface area (Å²) in [6.07, 6.45) is 3.58. The van der Waals surface area contributed by atoms with E-state index in [4.69, 9.17) is 5.84 Å². The van der Waals surface area contributed by atoms with Gasteiger partial charge in [0.05, 0.1) is 11.3 Å². The van der Waals surface area contributed by atoms with Crippen molar-refractivity contribution in [3.8, 4) is 0 Å². The number of rotatable bonds is 4. The van der Waals surface area contributed by atoms with Gasteiger partial charge in [-0.05, 0) is 30.4 Å². The average molecular weight is 265 g/mol. The van der Waals surface area contributed by atoms with Gasteiger partial charge in [0.25, 0.3) is 5.91 Å². The van der Waals surface area contributed by atoms with Gasteiger partial charge in [0.15, 0.2) is 0 Å². The maximum Gasteiger partial charge on any atom is 0.253 e. The Hall–Kier alpha value is -1.62. The average Bonchev–Trinajstić information content (AvgIpc) is 2.81. The van der Waals surface area contributed by atoms with Gasteiger partial charge in [0.1, 0.15) is 5.82 Å². The van der Waals surface area contributed by atoms with E-state index in [-0.39, 0.29) is 17.2 Å². The number of benzene rings is 1. The topological polar surface area (TPSA) is 67.2 Å². The Morgan fingerprint density at radius 1 is 1.47 bits per heavy atom. The summed E-state index contributed by atoms with van der Waals surface area (Å²) in [5.41, 5.74) is 2.53. The van der Waals surface area contributed by atoms with Crippen LogP contribution in [-0.2, 0) is 0 Å². The van der Waals surface area contributed by atoms with Crippen LogP contribution < -0.4 is 16.6 Å². The summed E-state index contributed by atoms with van der Waals surface area (Å²) in [5, 5.41) is 2.87. The Morgan fingerprint density at radius 3 is 2.89 bits per heavy atom. The van der Waals surface area contributed by atoms with Crippen molar-refractivity contribution in [3.63, 3.8) is 0 Å². The number of halogens is 1. The number of nitrogen functional groups attached to an aromatic ring is 1. The molecule has 0 heterocycles. The maximum atomic E-state index is 13.5. The normalized spacial score (nSPS) is 22.3. The van der Waals surface area contributed by atoms with Crippen LogP contribution in [-0.4, -0.2) is 12.5 Å². The van der Waals surface area contributed by atoms with Crippen molar-refractivity contribution in [2.75, 3.05) is 12.0 Å². The summed E-state index contributed by atoms with van der Waals surface area (Å²) < 4.78 is 13.5. The number of nitrogens with one attached hydrogen (secondary N) is 2. The molecule has 1 fully saturated rings. The van der Waals surface area contributed by atoms with Crippen molar-refractivity contribution >= 4 is 11.6 Å². The second kappa shape index (κ2) is 6.02. The SMILES string of the molecule is CC1CCCC1CNC(=O)c1cccc(F)c1NN. The Kier molecular flexibility index (Phi) is 4.37. The van der Waals surface area contributed by atoms with E-state index in [1.54, 1.807) is 6.07 Å². The number of carbonyl (C=O) groups excluding carboxylic acids is 1. The molecule has 19 heavy (non-hydrogen) atoms. The largest absolute Gasteiger partial charge is 0.352 e. The summed E-state index contributed by atoms with van der Waals surface area (Å²) in [6.45, 7) is 2.85. The fourth-order valence-electron chi connectivity index (χ4n) is 2.70. The van der Waals surface area contributed by atoms with Crippen LogP contribution in [0.3, 0.4) is 0 Å². The summed E-state index contributed by atoms with van der Waals surface area (Å²) in [7, 11) is 0. The third-order valence-electron chi connectivity index (χ3n) is 3.97.